The SMILES string of the molecule is CN1CCN(CCC2CCCCN2C(=O)CCC(=O)c2ccccc2)CC1. The lowest BCUT2D eigenvalue weighted by atomic mass is 9.97. The molecule has 2 aliphatic rings. The van der Waals surface area contributed by atoms with E-state index in [-0.39, 0.29) is 11.7 Å². The van der Waals surface area contributed by atoms with Gasteiger partial charge in [0.15, 0.2) is 5.78 Å². The molecule has 0 N–H and O–H groups in total. The number of benzene rings is 1. The number of likely N-dealkylation sites (tertiary alicyclic amines) is 1. The van der Waals surface area contributed by atoms with Gasteiger partial charge in [-0.2, -0.15) is 0 Å². The molecule has 0 spiro atoms. The molecule has 2 fully saturated rings. The molecule has 27 heavy (non-hydrogen) atoms. The van der Waals surface area contributed by atoms with Crippen LogP contribution in [0.2, 0.25) is 0 Å². The molecule has 0 saturated carbocycles. The summed E-state index contributed by atoms with van der Waals surface area (Å²) in [5.74, 6) is 0.220. The second kappa shape index (κ2) is 10.00. The Labute approximate surface area is 163 Å². The third-order valence-corrected chi connectivity index (χ3v) is 5.98. The van der Waals surface area contributed by atoms with Gasteiger partial charge in [-0.3, -0.25) is 9.59 Å². The van der Waals surface area contributed by atoms with Crippen LogP contribution in [0.4, 0.5) is 0 Å². The molecular formula is C22H33N3O2. The Morgan fingerprint density at radius 1 is 0.963 bits per heavy atom. The molecule has 0 aliphatic carbocycles. The molecule has 0 bridgehead atoms. The number of hydrogen-bond acceptors (Lipinski definition) is 4. The van der Waals surface area contributed by atoms with Crippen molar-refractivity contribution in [1.29, 1.82) is 0 Å². The Kier molecular flexibility index (Phi) is 7.41. The minimum atomic E-state index is 0.0648. The van der Waals surface area contributed by atoms with Crippen LogP contribution in [0.25, 0.3) is 0 Å². The lowest BCUT2D eigenvalue weighted by Crippen LogP contribution is -2.48. The topological polar surface area (TPSA) is 43.9 Å². The molecule has 5 nitrogen and oxygen atoms in total. The molecular weight excluding hydrogens is 338 g/mol. The van der Waals surface area contributed by atoms with Crippen molar-refractivity contribution in [2.24, 2.45) is 0 Å². The number of piperazine rings is 1. The van der Waals surface area contributed by atoms with Crippen LogP contribution in [0, 0.1) is 0 Å². The van der Waals surface area contributed by atoms with Gasteiger partial charge in [0.05, 0.1) is 0 Å². The number of likely N-dealkylation sites (N-methyl/N-ethyl adjacent to an activating group) is 1. The number of ketones is 1. The highest BCUT2D eigenvalue weighted by molar-refractivity contribution is 5.97. The molecule has 2 saturated heterocycles. The highest BCUT2D eigenvalue weighted by Gasteiger charge is 2.27. The number of nitrogens with zero attached hydrogens (tertiary/aromatic N) is 3. The summed E-state index contributed by atoms with van der Waals surface area (Å²) in [6, 6.07) is 9.64. The van der Waals surface area contributed by atoms with E-state index in [0.717, 1.165) is 58.5 Å². The van der Waals surface area contributed by atoms with E-state index in [1.165, 1.54) is 6.42 Å². The molecule has 2 heterocycles. The van der Waals surface area contributed by atoms with Gasteiger partial charge in [0, 0.05) is 63.7 Å². The van der Waals surface area contributed by atoms with Crippen molar-refractivity contribution in [2.75, 3.05) is 46.3 Å². The zero-order chi connectivity index (χ0) is 19.1. The second-order valence-electron chi connectivity index (χ2n) is 7.96. The molecule has 3 rings (SSSR count). The summed E-state index contributed by atoms with van der Waals surface area (Å²) in [7, 11) is 2.18. The number of amides is 1. The van der Waals surface area contributed by atoms with Crippen LogP contribution in [0.15, 0.2) is 30.3 Å². The van der Waals surface area contributed by atoms with Crippen molar-refractivity contribution in [2.45, 2.75) is 44.6 Å². The maximum atomic E-state index is 12.8. The fourth-order valence-corrected chi connectivity index (χ4v) is 4.16. The maximum Gasteiger partial charge on any atom is 0.223 e. The number of carbonyl (C=O) groups excluding carboxylic acids is 2. The van der Waals surface area contributed by atoms with Gasteiger partial charge in [-0.1, -0.05) is 30.3 Å². The average molecular weight is 372 g/mol. The van der Waals surface area contributed by atoms with Crippen molar-refractivity contribution in [3.05, 3.63) is 35.9 Å². The summed E-state index contributed by atoms with van der Waals surface area (Å²) >= 11 is 0. The molecule has 1 amide bonds. The van der Waals surface area contributed by atoms with Crippen LogP contribution in [-0.4, -0.2) is 78.7 Å². The average Bonchev–Trinajstić information content (AvgIpc) is 2.72. The van der Waals surface area contributed by atoms with Gasteiger partial charge in [0.1, 0.15) is 0 Å². The van der Waals surface area contributed by atoms with Gasteiger partial charge in [0.25, 0.3) is 0 Å². The fraction of sp³-hybridized carbons (Fsp3) is 0.636. The smallest absolute Gasteiger partial charge is 0.223 e. The molecule has 1 aromatic carbocycles. The van der Waals surface area contributed by atoms with Crippen molar-refractivity contribution in [3.8, 4) is 0 Å². The lowest BCUT2D eigenvalue weighted by Gasteiger charge is -2.38. The van der Waals surface area contributed by atoms with E-state index in [1.54, 1.807) is 0 Å². The summed E-state index contributed by atoms with van der Waals surface area (Å²) in [4.78, 5) is 32.0. The number of Topliss-reactive ketones (excluding diaryl/α,β-unsaturated/α-hetero) is 1. The zero-order valence-electron chi connectivity index (χ0n) is 16.6. The van der Waals surface area contributed by atoms with Gasteiger partial charge in [0.2, 0.25) is 5.91 Å². The largest absolute Gasteiger partial charge is 0.340 e. The molecule has 1 unspecified atom stereocenters. The number of carbonyl (C=O) groups is 2. The highest BCUT2D eigenvalue weighted by atomic mass is 16.2. The number of hydrogen-bond donors (Lipinski definition) is 0. The van der Waals surface area contributed by atoms with E-state index in [1.807, 2.05) is 30.3 Å². The summed E-state index contributed by atoms with van der Waals surface area (Å²) in [6.07, 6.45) is 5.10. The van der Waals surface area contributed by atoms with Crippen LogP contribution in [0.3, 0.4) is 0 Å². The van der Waals surface area contributed by atoms with Crippen LogP contribution in [0.1, 0.15) is 48.9 Å². The number of rotatable bonds is 7. The molecule has 148 valence electrons. The van der Waals surface area contributed by atoms with E-state index < -0.39 is 0 Å². The van der Waals surface area contributed by atoms with E-state index in [4.69, 9.17) is 0 Å². The predicted molar refractivity (Wildman–Crippen MR) is 108 cm³/mol. The summed E-state index contributed by atoms with van der Waals surface area (Å²) in [5.41, 5.74) is 0.704. The van der Waals surface area contributed by atoms with E-state index >= 15 is 0 Å². The number of piperidine rings is 1. The van der Waals surface area contributed by atoms with E-state index in [0.29, 0.717) is 24.4 Å². The first-order chi connectivity index (χ1) is 13.1. The molecule has 5 heteroatoms. The lowest BCUT2D eigenvalue weighted by molar-refractivity contribution is -0.135. The van der Waals surface area contributed by atoms with Gasteiger partial charge >= 0.3 is 0 Å². The van der Waals surface area contributed by atoms with Crippen LogP contribution in [-0.2, 0) is 4.79 Å². The maximum absolute atomic E-state index is 12.8. The zero-order valence-corrected chi connectivity index (χ0v) is 16.6. The van der Waals surface area contributed by atoms with Gasteiger partial charge in [-0.05, 0) is 32.7 Å². The molecule has 1 aromatic rings. The molecule has 1 atom stereocenters. The van der Waals surface area contributed by atoms with Crippen LogP contribution < -0.4 is 0 Å². The fourth-order valence-electron chi connectivity index (χ4n) is 4.16. The van der Waals surface area contributed by atoms with Crippen LogP contribution >= 0.6 is 0 Å². The highest BCUT2D eigenvalue weighted by Crippen LogP contribution is 2.22. The van der Waals surface area contributed by atoms with E-state index in [2.05, 4.69) is 21.7 Å². The van der Waals surface area contributed by atoms with Crippen molar-refractivity contribution >= 4 is 11.7 Å². The Bertz CT molecular complexity index is 611. The Hall–Kier alpha value is -1.72. The molecule has 2 aliphatic heterocycles. The first kappa shape index (κ1) is 20.0. The first-order valence-electron chi connectivity index (χ1n) is 10.4. The minimum Gasteiger partial charge on any atom is -0.340 e. The standard InChI is InChI=1S/C22H33N3O2/c1-23-15-17-24(18-16-23)14-12-20-9-5-6-13-25(20)22(27)11-10-21(26)19-7-3-2-4-8-19/h2-4,7-8,20H,5-6,9-18H2,1H3. The molecule has 0 aromatic heterocycles. The summed E-state index contributed by atoms with van der Waals surface area (Å²) < 4.78 is 0. The van der Waals surface area contributed by atoms with Gasteiger partial charge in [-0.15, -0.1) is 0 Å². The third-order valence-electron chi connectivity index (χ3n) is 5.98. The van der Waals surface area contributed by atoms with Crippen molar-refractivity contribution < 1.29 is 9.59 Å². The molecule has 0 radical (unpaired) electrons. The normalized spacial score (nSPS) is 22.0. The van der Waals surface area contributed by atoms with E-state index in [9.17, 15) is 9.59 Å². The Balaban J connectivity index is 1.47. The van der Waals surface area contributed by atoms with Gasteiger partial charge < -0.3 is 14.7 Å². The van der Waals surface area contributed by atoms with Crippen LogP contribution in [0.5, 0.6) is 0 Å². The monoisotopic (exact) mass is 371 g/mol. The predicted octanol–water partition coefficient (Wildman–Crippen LogP) is 2.67. The minimum absolute atomic E-state index is 0.0648. The summed E-state index contributed by atoms with van der Waals surface area (Å²) in [6.45, 7) is 6.45. The summed E-state index contributed by atoms with van der Waals surface area (Å²) in [5, 5.41) is 0. The van der Waals surface area contributed by atoms with Crippen molar-refractivity contribution in [3.63, 3.8) is 0 Å². The first-order valence-corrected chi connectivity index (χ1v) is 10.4. The van der Waals surface area contributed by atoms with Gasteiger partial charge in [-0.25, -0.2) is 0 Å². The third kappa shape index (κ3) is 5.88. The second-order valence-corrected chi connectivity index (χ2v) is 7.96. The van der Waals surface area contributed by atoms with Crippen molar-refractivity contribution in [1.82, 2.24) is 14.7 Å². The quantitative estimate of drug-likeness (QED) is 0.691. The Morgan fingerprint density at radius 3 is 2.44 bits per heavy atom. The Morgan fingerprint density at radius 2 is 1.70 bits per heavy atom.